The average Bonchev–Trinajstić information content (AvgIpc) is 2.82. The summed E-state index contributed by atoms with van der Waals surface area (Å²) < 4.78 is 0. The fourth-order valence-corrected chi connectivity index (χ4v) is 3.57. The van der Waals surface area contributed by atoms with E-state index in [1.54, 1.807) is 5.48 Å². The summed E-state index contributed by atoms with van der Waals surface area (Å²) in [7, 11) is 0. The van der Waals surface area contributed by atoms with Crippen molar-refractivity contribution in [1.29, 1.82) is 0 Å². The van der Waals surface area contributed by atoms with Crippen LogP contribution in [0.4, 0.5) is 0 Å². The van der Waals surface area contributed by atoms with Crippen molar-refractivity contribution in [2.75, 3.05) is 6.54 Å². The Labute approximate surface area is 192 Å². The number of nitrogens with two attached hydrogens (primary N) is 2. The molecule has 1 unspecified atom stereocenters. The summed E-state index contributed by atoms with van der Waals surface area (Å²) in [6.45, 7) is 0.119. The van der Waals surface area contributed by atoms with Crippen molar-refractivity contribution in [3.05, 3.63) is 95.8 Å². The molecule has 0 aromatic heterocycles. The van der Waals surface area contributed by atoms with Crippen LogP contribution in [-0.2, 0) is 22.4 Å². The van der Waals surface area contributed by atoms with Crippen molar-refractivity contribution in [2.24, 2.45) is 11.6 Å². The summed E-state index contributed by atoms with van der Waals surface area (Å²) in [5, 5.41) is 15.3. The van der Waals surface area contributed by atoms with E-state index < -0.39 is 11.9 Å². The molecule has 7 N–H and O–H groups in total. The number of nitrogens with zero attached hydrogens (tertiary/aromatic N) is 1. The number of amides is 2. The van der Waals surface area contributed by atoms with Gasteiger partial charge in [-0.15, -0.1) is 0 Å². The van der Waals surface area contributed by atoms with Crippen molar-refractivity contribution in [3.8, 4) is 0 Å². The van der Waals surface area contributed by atoms with Crippen molar-refractivity contribution in [3.63, 3.8) is 0 Å². The molecule has 1 atom stereocenters. The minimum atomic E-state index is -0.556. The first kappa shape index (κ1) is 23.8. The second-order valence-corrected chi connectivity index (χ2v) is 7.87. The molecule has 0 fully saturated rings. The van der Waals surface area contributed by atoms with Crippen molar-refractivity contribution in [2.45, 2.75) is 25.3 Å². The van der Waals surface area contributed by atoms with E-state index in [1.165, 1.54) is 11.2 Å². The van der Waals surface area contributed by atoms with Gasteiger partial charge in [0.25, 0.3) is 0 Å². The lowest BCUT2D eigenvalue weighted by molar-refractivity contribution is -0.130. The van der Waals surface area contributed by atoms with Crippen LogP contribution in [0.25, 0.3) is 10.8 Å². The molecule has 2 amide bonds. The summed E-state index contributed by atoms with van der Waals surface area (Å²) in [5.41, 5.74) is 9.95. The normalized spacial score (nSPS) is 12.2. The van der Waals surface area contributed by atoms with Crippen LogP contribution in [0, 0.1) is 0 Å². The number of fused-ring (bicyclic) bond motifs is 1. The van der Waals surface area contributed by atoms with Gasteiger partial charge in [0.15, 0.2) is 0 Å². The number of carbonyl (C=O) groups is 2. The predicted molar refractivity (Wildman–Crippen MR) is 127 cm³/mol. The topological polar surface area (TPSA) is 134 Å². The molecule has 0 bridgehead atoms. The fourth-order valence-electron chi connectivity index (χ4n) is 3.57. The first-order valence-electron chi connectivity index (χ1n) is 10.6. The van der Waals surface area contributed by atoms with Gasteiger partial charge in [0.1, 0.15) is 0 Å². The van der Waals surface area contributed by atoms with Crippen LogP contribution in [0.2, 0.25) is 0 Å². The SMILES string of the molecule is N/C(=C\N(N)C(CC(=O)NO)Cc1ccc2ccccc2c1)CNC(=O)Cc1ccccc1. The van der Waals surface area contributed by atoms with Crippen LogP contribution in [0.15, 0.2) is 84.7 Å². The van der Waals surface area contributed by atoms with Crippen molar-refractivity contribution < 1.29 is 14.8 Å². The van der Waals surface area contributed by atoms with Crippen molar-refractivity contribution in [1.82, 2.24) is 15.8 Å². The summed E-state index contributed by atoms with van der Waals surface area (Å²) in [5.74, 6) is 5.50. The summed E-state index contributed by atoms with van der Waals surface area (Å²) >= 11 is 0. The van der Waals surface area contributed by atoms with Gasteiger partial charge in [0.2, 0.25) is 11.8 Å². The molecule has 172 valence electrons. The van der Waals surface area contributed by atoms with Gasteiger partial charge in [0, 0.05) is 11.9 Å². The number of hydrazine groups is 1. The molecule has 8 heteroatoms. The number of rotatable bonds is 10. The number of hydroxylamine groups is 1. The Balaban J connectivity index is 1.64. The molecule has 3 rings (SSSR count). The van der Waals surface area contributed by atoms with Gasteiger partial charge in [-0.05, 0) is 28.3 Å². The van der Waals surface area contributed by atoms with E-state index in [9.17, 15) is 9.59 Å². The lowest BCUT2D eigenvalue weighted by atomic mass is 9.99. The Morgan fingerprint density at radius 3 is 2.36 bits per heavy atom. The largest absolute Gasteiger partial charge is 0.399 e. The number of hydrogen-bond acceptors (Lipinski definition) is 6. The molecule has 0 aliphatic heterocycles. The molecule has 0 saturated heterocycles. The summed E-state index contributed by atoms with van der Waals surface area (Å²) in [6.07, 6.45) is 2.17. The minimum absolute atomic E-state index is 0.0377. The van der Waals surface area contributed by atoms with Crippen LogP contribution < -0.4 is 22.4 Å². The second kappa shape index (κ2) is 11.7. The third kappa shape index (κ3) is 7.34. The second-order valence-electron chi connectivity index (χ2n) is 7.87. The van der Waals surface area contributed by atoms with E-state index in [0.29, 0.717) is 12.1 Å². The molecule has 0 spiro atoms. The number of carbonyl (C=O) groups excluding carboxylic acids is 2. The van der Waals surface area contributed by atoms with E-state index in [2.05, 4.69) is 5.32 Å². The molecule has 0 aliphatic carbocycles. The van der Waals surface area contributed by atoms with Gasteiger partial charge >= 0.3 is 0 Å². The van der Waals surface area contributed by atoms with Gasteiger partial charge in [-0.1, -0.05) is 72.8 Å². The minimum Gasteiger partial charge on any atom is -0.399 e. The molecular formula is C25H29N5O3. The van der Waals surface area contributed by atoms with Crippen molar-refractivity contribution >= 4 is 22.6 Å². The van der Waals surface area contributed by atoms with Crippen LogP contribution in [0.1, 0.15) is 17.5 Å². The van der Waals surface area contributed by atoms with E-state index in [0.717, 1.165) is 21.9 Å². The highest BCUT2D eigenvalue weighted by molar-refractivity contribution is 5.83. The molecule has 8 nitrogen and oxygen atoms in total. The van der Waals surface area contributed by atoms with Gasteiger partial charge in [-0.3, -0.25) is 14.8 Å². The third-order valence-electron chi connectivity index (χ3n) is 5.26. The van der Waals surface area contributed by atoms with Gasteiger partial charge in [0.05, 0.1) is 25.4 Å². The number of hydrogen-bond donors (Lipinski definition) is 5. The number of benzene rings is 3. The lowest BCUT2D eigenvalue weighted by Gasteiger charge is -2.26. The average molecular weight is 448 g/mol. The van der Waals surface area contributed by atoms with Gasteiger partial charge in [-0.25, -0.2) is 11.3 Å². The first-order chi connectivity index (χ1) is 15.9. The Morgan fingerprint density at radius 2 is 1.64 bits per heavy atom. The van der Waals surface area contributed by atoms with E-state index in [-0.39, 0.29) is 25.3 Å². The molecule has 0 saturated carbocycles. The zero-order valence-electron chi connectivity index (χ0n) is 18.3. The Morgan fingerprint density at radius 1 is 0.939 bits per heavy atom. The maximum Gasteiger partial charge on any atom is 0.245 e. The monoisotopic (exact) mass is 447 g/mol. The molecule has 0 aliphatic rings. The molecule has 3 aromatic rings. The van der Waals surface area contributed by atoms with E-state index >= 15 is 0 Å². The fraction of sp³-hybridized carbons (Fsp3) is 0.200. The smallest absolute Gasteiger partial charge is 0.245 e. The van der Waals surface area contributed by atoms with E-state index in [4.69, 9.17) is 16.8 Å². The molecular weight excluding hydrogens is 418 g/mol. The van der Waals surface area contributed by atoms with E-state index in [1.807, 2.05) is 72.8 Å². The standard InChI is InChI=1S/C25H29N5O3/c26-22(16-28-24(31)14-18-6-2-1-3-7-18)17-30(27)23(15-25(32)29-33)13-19-10-11-20-8-4-5-9-21(20)12-19/h1-12,17,23,33H,13-16,26-27H2,(H,28,31)(H,29,32)/b22-17-. The highest BCUT2D eigenvalue weighted by atomic mass is 16.5. The van der Waals surface area contributed by atoms with Crippen LogP contribution >= 0.6 is 0 Å². The maximum absolute atomic E-state index is 12.1. The number of nitrogens with one attached hydrogen (secondary N) is 2. The zero-order chi connectivity index (χ0) is 23.6. The Kier molecular flexibility index (Phi) is 8.40. The Hall–Kier alpha value is -3.88. The third-order valence-corrected chi connectivity index (χ3v) is 5.26. The molecule has 33 heavy (non-hydrogen) atoms. The Bertz CT molecular complexity index is 1120. The zero-order valence-corrected chi connectivity index (χ0v) is 18.3. The van der Waals surface area contributed by atoms with Crippen LogP contribution in [0.5, 0.6) is 0 Å². The molecule has 3 aromatic carbocycles. The predicted octanol–water partition coefficient (Wildman–Crippen LogP) is 1.98. The van der Waals surface area contributed by atoms with Gasteiger partial charge in [-0.2, -0.15) is 0 Å². The molecule has 0 radical (unpaired) electrons. The first-order valence-corrected chi connectivity index (χ1v) is 10.6. The highest BCUT2D eigenvalue weighted by Crippen LogP contribution is 2.18. The van der Waals surface area contributed by atoms with Crippen LogP contribution in [0.3, 0.4) is 0 Å². The highest BCUT2D eigenvalue weighted by Gasteiger charge is 2.19. The van der Waals surface area contributed by atoms with Crippen LogP contribution in [-0.4, -0.2) is 34.6 Å². The van der Waals surface area contributed by atoms with Gasteiger partial charge < -0.3 is 16.1 Å². The lowest BCUT2D eigenvalue weighted by Crippen LogP contribution is -2.42. The molecule has 0 heterocycles. The summed E-state index contributed by atoms with van der Waals surface area (Å²) in [4.78, 5) is 24.0. The quantitative estimate of drug-likeness (QED) is 0.183. The summed E-state index contributed by atoms with van der Waals surface area (Å²) in [6, 6.07) is 23.0. The maximum atomic E-state index is 12.1.